The van der Waals surface area contributed by atoms with Gasteiger partial charge in [0.05, 0.1) is 15.6 Å². The van der Waals surface area contributed by atoms with Gasteiger partial charge in [0.25, 0.3) is 10.0 Å². The Morgan fingerprint density at radius 1 is 1.00 bits per heavy atom. The summed E-state index contributed by atoms with van der Waals surface area (Å²) >= 11 is 12.9. The van der Waals surface area contributed by atoms with Gasteiger partial charge in [-0.3, -0.25) is 14.4 Å². The molecule has 1 aromatic heterocycles. The molecule has 174 valence electrons. The molecule has 0 radical (unpaired) electrons. The quantitative estimate of drug-likeness (QED) is 0.337. The van der Waals surface area contributed by atoms with Crippen LogP contribution in [-0.2, 0) is 14.8 Å². The molecule has 4 rings (SSSR count). The highest BCUT2D eigenvalue weighted by Gasteiger charge is 2.28. The fourth-order valence-corrected chi connectivity index (χ4v) is 5.45. The van der Waals surface area contributed by atoms with E-state index in [9.17, 15) is 17.6 Å². The van der Waals surface area contributed by atoms with E-state index in [1.165, 1.54) is 18.2 Å². The number of amides is 1. The SMILES string of the molecule is O=C(CN(c1ccc(F)c(Cl)c1)S(=O)(=O)c1ccccc1)Nc1nnc(-c2ccc(Cl)cc2)s1. The van der Waals surface area contributed by atoms with Crippen LogP contribution in [0.25, 0.3) is 10.6 Å². The smallest absolute Gasteiger partial charge is 0.264 e. The van der Waals surface area contributed by atoms with Crippen LogP contribution in [0.2, 0.25) is 10.0 Å². The average molecular weight is 537 g/mol. The summed E-state index contributed by atoms with van der Waals surface area (Å²) in [7, 11) is -4.17. The minimum Gasteiger partial charge on any atom is -0.299 e. The van der Waals surface area contributed by atoms with Crippen molar-refractivity contribution < 1.29 is 17.6 Å². The summed E-state index contributed by atoms with van der Waals surface area (Å²) in [5.74, 6) is -1.38. The molecule has 1 heterocycles. The Morgan fingerprint density at radius 3 is 2.38 bits per heavy atom. The number of nitrogens with zero attached hydrogens (tertiary/aromatic N) is 3. The first-order chi connectivity index (χ1) is 16.2. The Labute approximate surface area is 208 Å². The van der Waals surface area contributed by atoms with Crippen molar-refractivity contribution in [2.45, 2.75) is 4.90 Å². The first-order valence-electron chi connectivity index (χ1n) is 9.66. The largest absolute Gasteiger partial charge is 0.299 e. The molecular formula is C22H15Cl2FN4O3S2. The predicted molar refractivity (Wildman–Crippen MR) is 131 cm³/mol. The Kier molecular flexibility index (Phi) is 7.13. The van der Waals surface area contributed by atoms with E-state index in [0.29, 0.717) is 10.0 Å². The fraction of sp³-hybridized carbons (Fsp3) is 0.0455. The molecule has 0 aliphatic carbocycles. The number of carbonyl (C=O) groups excluding carboxylic acids is 1. The van der Waals surface area contributed by atoms with Crippen LogP contribution in [0.15, 0.2) is 77.7 Å². The van der Waals surface area contributed by atoms with E-state index < -0.39 is 28.3 Å². The van der Waals surface area contributed by atoms with Crippen LogP contribution in [0.3, 0.4) is 0 Å². The van der Waals surface area contributed by atoms with Crippen molar-refractivity contribution >= 4 is 61.3 Å². The zero-order chi connectivity index (χ0) is 24.3. The second kappa shape index (κ2) is 10.1. The van der Waals surface area contributed by atoms with Crippen molar-refractivity contribution in [1.29, 1.82) is 0 Å². The van der Waals surface area contributed by atoms with Gasteiger partial charge in [0.1, 0.15) is 17.4 Å². The topological polar surface area (TPSA) is 92.3 Å². The van der Waals surface area contributed by atoms with Gasteiger partial charge in [-0.2, -0.15) is 0 Å². The predicted octanol–water partition coefficient (Wildman–Crippen LogP) is 5.49. The maximum absolute atomic E-state index is 13.7. The number of nitrogens with one attached hydrogen (secondary N) is 1. The van der Waals surface area contributed by atoms with Crippen molar-refractivity contribution in [1.82, 2.24) is 10.2 Å². The second-order valence-corrected chi connectivity index (χ2v) is 10.6. The molecule has 7 nitrogen and oxygen atoms in total. The lowest BCUT2D eigenvalue weighted by atomic mass is 10.2. The Morgan fingerprint density at radius 2 is 1.71 bits per heavy atom. The van der Waals surface area contributed by atoms with E-state index in [-0.39, 0.29) is 20.7 Å². The Bertz CT molecular complexity index is 1430. The van der Waals surface area contributed by atoms with Crippen LogP contribution in [0.1, 0.15) is 0 Å². The highest BCUT2D eigenvalue weighted by Crippen LogP contribution is 2.29. The van der Waals surface area contributed by atoms with Crippen LogP contribution in [0.4, 0.5) is 15.2 Å². The van der Waals surface area contributed by atoms with E-state index >= 15 is 0 Å². The number of rotatable bonds is 7. The molecule has 0 atom stereocenters. The van der Waals surface area contributed by atoms with Gasteiger partial charge in [0.2, 0.25) is 11.0 Å². The van der Waals surface area contributed by atoms with Gasteiger partial charge in [-0.15, -0.1) is 10.2 Å². The number of carbonyl (C=O) groups is 1. The summed E-state index contributed by atoms with van der Waals surface area (Å²) in [5.41, 5.74) is 0.793. The number of hydrogen-bond donors (Lipinski definition) is 1. The highest BCUT2D eigenvalue weighted by atomic mass is 35.5. The minimum atomic E-state index is -4.17. The van der Waals surface area contributed by atoms with E-state index in [4.69, 9.17) is 23.2 Å². The fourth-order valence-electron chi connectivity index (χ4n) is 2.95. The van der Waals surface area contributed by atoms with Crippen molar-refractivity contribution in [2.24, 2.45) is 0 Å². The normalized spacial score (nSPS) is 11.3. The average Bonchev–Trinajstić information content (AvgIpc) is 3.28. The monoisotopic (exact) mass is 536 g/mol. The van der Waals surface area contributed by atoms with E-state index in [1.54, 1.807) is 42.5 Å². The highest BCUT2D eigenvalue weighted by molar-refractivity contribution is 7.92. The number of sulfonamides is 1. The molecule has 0 bridgehead atoms. The standard InChI is InChI=1S/C22H15Cl2FN4O3S2/c23-15-8-6-14(7-9-15)21-27-28-22(33-21)26-20(30)13-29(16-10-11-19(25)18(24)12-16)34(31,32)17-4-2-1-3-5-17/h1-12H,13H2,(H,26,28,30). The first kappa shape index (κ1) is 24.1. The van der Waals surface area contributed by atoms with Crippen LogP contribution in [0, 0.1) is 5.82 Å². The van der Waals surface area contributed by atoms with Gasteiger partial charge < -0.3 is 0 Å². The van der Waals surface area contributed by atoms with Crippen LogP contribution in [-0.4, -0.2) is 31.1 Å². The van der Waals surface area contributed by atoms with Crippen molar-refractivity contribution in [3.8, 4) is 10.6 Å². The minimum absolute atomic E-state index is 0.0320. The molecular weight excluding hydrogens is 522 g/mol. The van der Waals surface area contributed by atoms with E-state index in [0.717, 1.165) is 33.3 Å². The third-order valence-corrected chi connectivity index (χ3v) is 7.79. The number of hydrogen-bond acceptors (Lipinski definition) is 6. The maximum atomic E-state index is 13.7. The van der Waals surface area contributed by atoms with Crippen molar-refractivity contribution in [3.63, 3.8) is 0 Å². The number of benzene rings is 3. The summed E-state index contributed by atoms with van der Waals surface area (Å²) in [5, 5.41) is 11.6. The van der Waals surface area contributed by atoms with Gasteiger partial charge in [0.15, 0.2) is 0 Å². The van der Waals surface area contributed by atoms with E-state index in [2.05, 4.69) is 15.5 Å². The van der Waals surface area contributed by atoms with Crippen molar-refractivity contribution in [2.75, 3.05) is 16.2 Å². The van der Waals surface area contributed by atoms with Gasteiger partial charge in [-0.05, 0) is 42.5 Å². The summed E-state index contributed by atoms with van der Waals surface area (Å²) < 4.78 is 41.2. The molecule has 1 N–H and O–H groups in total. The van der Waals surface area contributed by atoms with Gasteiger partial charge in [0, 0.05) is 10.6 Å². The van der Waals surface area contributed by atoms with Crippen molar-refractivity contribution in [3.05, 3.63) is 88.7 Å². The second-order valence-electron chi connectivity index (χ2n) is 6.89. The first-order valence-corrected chi connectivity index (χ1v) is 12.7. The van der Waals surface area contributed by atoms with Gasteiger partial charge >= 0.3 is 0 Å². The summed E-state index contributed by atoms with van der Waals surface area (Å²) in [6, 6.07) is 17.9. The molecule has 1 amide bonds. The number of halogens is 3. The molecule has 0 aliphatic rings. The molecule has 0 saturated carbocycles. The molecule has 0 unspecified atom stereocenters. The zero-order valence-corrected chi connectivity index (χ0v) is 20.3. The number of aromatic nitrogens is 2. The van der Waals surface area contributed by atoms with Crippen LogP contribution >= 0.6 is 34.5 Å². The summed E-state index contributed by atoms with van der Waals surface area (Å²) in [4.78, 5) is 12.8. The third kappa shape index (κ3) is 5.36. The third-order valence-electron chi connectivity index (χ3n) is 4.57. The zero-order valence-electron chi connectivity index (χ0n) is 17.2. The number of anilines is 2. The molecule has 12 heteroatoms. The Hall–Kier alpha value is -3.05. The molecule has 0 fully saturated rings. The molecule has 4 aromatic rings. The lowest BCUT2D eigenvalue weighted by Crippen LogP contribution is -2.38. The van der Waals surface area contributed by atoms with E-state index in [1.807, 2.05) is 0 Å². The van der Waals surface area contributed by atoms with Gasteiger partial charge in [-0.1, -0.05) is 64.9 Å². The summed E-state index contributed by atoms with van der Waals surface area (Å²) in [6.45, 7) is -0.602. The molecule has 0 saturated heterocycles. The van der Waals surface area contributed by atoms with Crippen LogP contribution in [0.5, 0.6) is 0 Å². The maximum Gasteiger partial charge on any atom is 0.264 e. The molecule has 34 heavy (non-hydrogen) atoms. The lowest BCUT2D eigenvalue weighted by Gasteiger charge is -2.24. The Balaban J connectivity index is 1.60. The summed E-state index contributed by atoms with van der Waals surface area (Å²) in [6.07, 6.45) is 0. The van der Waals surface area contributed by atoms with Gasteiger partial charge in [-0.25, -0.2) is 12.8 Å². The van der Waals surface area contributed by atoms with Crippen LogP contribution < -0.4 is 9.62 Å². The molecule has 3 aromatic carbocycles. The molecule has 0 aliphatic heterocycles. The molecule has 0 spiro atoms. The lowest BCUT2D eigenvalue weighted by molar-refractivity contribution is -0.114.